The molecule has 28 heavy (non-hydrogen) atoms. The summed E-state index contributed by atoms with van der Waals surface area (Å²) in [5, 5.41) is 5.85. The Hall–Kier alpha value is -2.27. The van der Waals surface area contributed by atoms with E-state index in [9.17, 15) is 9.59 Å². The maximum Gasteiger partial charge on any atom is 0.234 e. The zero-order valence-corrected chi connectivity index (χ0v) is 17.9. The lowest BCUT2D eigenvalue weighted by Crippen LogP contribution is -2.28. The second-order valence-electron chi connectivity index (χ2n) is 7.54. The van der Waals surface area contributed by atoms with Crippen LogP contribution in [0, 0.1) is 12.8 Å². The van der Waals surface area contributed by atoms with Gasteiger partial charge in [0.1, 0.15) is 0 Å². The van der Waals surface area contributed by atoms with E-state index in [1.54, 1.807) is 0 Å². The quantitative estimate of drug-likeness (QED) is 0.641. The maximum atomic E-state index is 12.2. The zero-order chi connectivity index (χ0) is 20.5. The topological polar surface area (TPSA) is 58.2 Å². The first-order valence-corrected chi connectivity index (χ1v) is 10.8. The van der Waals surface area contributed by atoms with Crippen molar-refractivity contribution in [1.29, 1.82) is 0 Å². The van der Waals surface area contributed by atoms with Gasteiger partial charge in [-0.3, -0.25) is 9.59 Å². The lowest BCUT2D eigenvalue weighted by molar-refractivity contribution is -0.119. The largest absolute Gasteiger partial charge is 0.349 e. The highest BCUT2D eigenvalue weighted by Crippen LogP contribution is 2.16. The van der Waals surface area contributed by atoms with Gasteiger partial charge in [-0.25, -0.2) is 0 Å². The van der Waals surface area contributed by atoms with Crippen LogP contribution in [0.4, 0.5) is 5.69 Å². The number of rotatable bonds is 9. The van der Waals surface area contributed by atoms with Crippen LogP contribution < -0.4 is 10.6 Å². The van der Waals surface area contributed by atoms with Crippen LogP contribution in [-0.2, 0) is 16.0 Å². The van der Waals surface area contributed by atoms with Crippen molar-refractivity contribution in [3.8, 4) is 0 Å². The molecule has 1 atom stereocenters. The van der Waals surface area contributed by atoms with Gasteiger partial charge in [0.15, 0.2) is 0 Å². The molecule has 0 radical (unpaired) electrons. The number of amides is 2. The van der Waals surface area contributed by atoms with Gasteiger partial charge in [-0.15, -0.1) is 11.8 Å². The van der Waals surface area contributed by atoms with Gasteiger partial charge in [0.25, 0.3) is 0 Å². The summed E-state index contributed by atoms with van der Waals surface area (Å²) in [6, 6.07) is 16.0. The fourth-order valence-corrected chi connectivity index (χ4v) is 3.56. The predicted octanol–water partition coefficient (Wildman–Crippen LogP) is 4.74. The summed E-state index contributed by atoms with van der Waals surface area (Å²) < 4.78 is 0. The molecule has 0 bridgehead atoms. The average Bonchev–Trinajstić information content (AvgIpc) is 2.61. The Kier molecular flexibility index (Phi) is 8.58. The summed E-state index contributed by atoms with van der Waals surface area (Å²) in [5.74, 6) is 0.976. The van der Waals surface area contributed by atoms with Crippen LogP contribution in [0.3, 0.4) is 0 Å². The highest BCUT2D eigenvalue weighted by Gasteiger charge is 2.11. The first kappa shape index (κ1) is 22.0. The zero-order valence-electron chi connectivity index (χ0n) is 17.1. The first-order valence-electron chi connectivity index (χ1n) is 9.66. The van der Waals surface area contributed by atoms with Crippen LogP contribution in [0.1, 0.15) is 43.5 Å². The molecular weight excluding hydrogens is 368 g/mol. The molecule has 2 rings (SSSR count). The normalized spacial score (nSPS) is 11.9. The van der Waals surface area contributed by atoms with E-state index in [0.717, 1.165) is 23.2 Å². The molecule has 0 aliphatic heterocycles. The molecule has 0 aromatic heterocycles. The summed E-state index contributed by atoms with van der Waals surface area (Å²) in [7, 11) is 0. The van der Waals surface area contributed by atoms with E-state index in [1.807, 2.05) is 38.1 Å². The average molecular weight is 399 g/mol. The van der Waals surface area contributed by atoms with Gasteiger partial charge in [0, 0.05) is 5.69 Å². The lowest BCUT2D eigenvalue weighted by Gasteiger charge is -2.15. The predicted molar refractivity (Wildman–Crippen MR) is 119 cm³/mol. The Labute approximate surface area is 172 Å². The van der Waals surface area contributed by atoms with E-state index in [0.29, 0.717) is 5.92 Å². The lowest BCUT2D eigenvalue weighted by atomic mass is 10.00. The number of carbonyl (C=O) groups is 2. The Morgan fingerprint density at radius 3 is 2.29 bits per heavy atom. The number of thioether (sulfide) groups is 1. The molecular formula is C23H30N2O2S. The van der Waals surface area contributed by atoms with Crippen molar-refractivity contribution in [3.05, 3.63) is 65.2 Å². The monoisotopic (exact) mass is 398 g/mol. The maximum absolute atomic E-state index is 12.2. The molecule has 0 spiro atoms. The summed E-state index contributed by atoms with van der Waals surface area (Å²) >= 11 is 1.32. The van der Waals surface area contributed by atoms with Gasteiger partial charge in [0.2, 0.25) is 11.8 Å². The minimum atomic E-state index is -0.0998. The van der Waals surface area contributed by atoms with Crippen molar-refractivity contribution >= 4 is 29.3 Å². The van der Waals surface area contributed by atoms with Crippen molar-refractivity contribution in [3.63, 3.8) is 0 Å². The SMILES string of the molecule is Cc1cccc(NC(=O)CSCC(=O)N[C@@H](C)c2ccc(CC(C)C)cc2)c1. The molecule has 0 aliphatic carbocycles. The molecule has 2 N–H and O–H groups in total. The third-order valence-electron chi connectivity index (χ3n) is 4.27. The van der Waals surface area contributed by atoms with Gasteiger partial charge in [0.05, 0.1) is 17.5 Å². The molecule has 2 aromatic carbocycles. The third kappa shape index (κ3) is 7.77. The van der Waals surface area contributed by atoms with Crippen molar-refractivity contribution in [1.82, 2.24) is 5.32 Å². The molecule has 2 aromatic rings. The second kappa shape index (κ2) is 10.9. The van der Waals surface area contributed by atoms with E-state index >= 15 is 0 Å². The first-order chi connectivity index (χ1) is 13.3. The fourth-order valence-electron chi connectivity index (χ4n) is 2.94. The summed E-state index contributed by atoms with van der Waals surface area (Å²) in [6.07, 6.45) is 1.06. The molecule has 150 valence electrons. The van der Waals surface area contributed by atoms with E-state index in [-0.39, 0.29) is 29.4 Å². The van der Waals surface area contributed by atoms with Crippen molar-refractivity contribution in [2.24, 2.45) is 5.92 Å². The summed E-state index contributed by atoms with van der Waals surface area (Å²) in [6.45, 7) is 8.36. The standard InChI is InChI=1S/C23H30N2O2S/c1-16(2)12-19-8-10-20(11-9-19)18(4)24-22(26)14-28-15-23(27)25-21-7-5-6-17(3)13-21/h5-11,13,16,18H,12,14-15H2,1-4H3,(H,24,26)(H,25,27)/t18-/m0/s1. The molecule has 0 unspecified atom stereocenters. The van der Waals surface area contributed by atoms with Crippen molar-refractivity contribution in [2.45, 2.75) is 40.2 Å². The molecule has 5 heteroatoms. The third-order valence-corrected chi connectivity index (χ3v) is 5.20. The second-order valence-corrected chi connectivity index (χ2v) is 8.52. The van der Waals surface area contributed by atoms with Crippen LogP contribution in [-0.4, -0.2) is 23.3 Å². The molecule has 2 amide bonds. The molecule has 4 nitrogen and oxygen atoms in total. The number of carbonyl (C=O) groups excluding carboxylic acids is 2. The van der Waals surface area contributed by atoms with Crippen molar-refractivity contribution < 1.29 is 9.59 Å². The van der Waals surface area contributed by atoms with Crippen LogP contribution in [0.15, 0.2) is 48.5 Å². The molecule has 0 heterocycles. The number of hydrogen-bond acceptors (Lipinski definition) is 3. The molecule has 0 saturated carbocycles. The van der Waals surface area contributed by atoms with Gasteiger partial charge in [-0.1, -0.05) is 50.2 Å². The Balaban J connectivity index is 1.72. The van der Waals surface area contributed by atoms with E-state index in [2.05, 4.69) is 48.7 Å². The van der Waals surface area contributed by atoms with Crippen molar-refractivity contribution in [2.75, 3.05) is 16.8 Å². The van der Waals surface area contributed by atoms with Gasteiger partial charge < -0.3 is 10.6 Å². The Bertz CT molecular complexity index is 787. The smallest absolute Gasteiger partial charge is 0.234 e. The van der Waals surface area contributed by atoms with Gasteiger partial charge in [-0.05, 0) is 55.0 Å². The molecule has 0 aliphatic rings. The van der Waals surface area contributed by atoms with Crippen LogP contribution in [0.25, 0.3) is 0 Å². The highest BCUT2D eigenvalue weighted by molar-refractivity contribution is 8.00. The number of hydrogen-bond donors (Lipinski definition) is 2. The van der Waals surface area contributed by atoms with E-state index in [1.165, 1.54) is 17.3 Å². The number of nitrogens with one attached hydrogen (secondary N) is 2. The summed E-state index contributed by atoms with van der Waals surface area (Å²) in [5.41, 5.74) is 4.27. The number of aryl methyl sites for hydroxylation is 1. The number of anilines is 1. The molecule has 0 fully saturated rings. The Morgan fingerprint density at radius 2 is 1.64 bits per heavy atom. The van der Waals surface area contributed by atoms with E-state index in [4.69, 9.17) is 0 Å². The number of benzene rings is 2. The fraction of sp³-hybridized carbons (Fsp3) is 0.391. The van der Waals surface area contributed by atoms with Gasteiger partial charge in [-0.2, -0.15) is 0 Å². The van der Waals surface area contributed by atoms with Crippen LogP contribution >= 0.6 is 11.8 Å². The van der Waals surface area contributed by atoms with Gasteiger partial charge >= 0.3 is 0 Å². The Morgan fingerprint density at radius 1 is 0.964 bits per heavy atom. The van der Waals surface area contributed by atoms with E-state index < -0.39 is 0 Å². The molecule has 0 saturated heterocycles. The van der Waals surface area contributed by atoms with Crippen LogP contribution in [0.5, 0.6) is 0 Å². The van der Waals surface area contributed by atoms with Crippen LogP contribution in [0.2, 0.25) is 0 Å². The minimum Gasteiger partial charge on any atom is -0.349 e. The summed E-state index contributed by atoms with van der Waals surface area (Å²) in [4.78, 5) is 24.2. The minimum absolute atomic E-state index is 0.0534. The highest BCUT2D eigenvalue weighted by atomic mass is 32.2.